The lowest BCUT2D eigenvalue weighted by Crippen LogP contribution is -2.71. The number of β-lactam (4-membered cyclic amide) rings is 1. The molecule has 3 atom stereocenters. The largest absolute Gasteiger partial charge is 0.427 e. The molecule has 0 radical (unpaired) electrons. The Balaban J connectivity index is 1.17. The fourth-order valence-electron chi connectivity index (χ4n) is 5.58. The van der Waals surface area contributed by atoms with Gasteiger partial charge in [0, 0.05) is 31.8 Å². The highest BCUT2D eigenvalue weighted by atomic mass is 32.2. The van der Waals surface area contributed by atoms with Crippen LogP contribution in [0.25, 0.3) is 0 Å². The number of ether oxygens (including phenoxy) is 2. The molecule has 2 aliphatic heterocycles. The molecule has 5 heterocycles. The number of esters is 2. The third kappa shape index (κ3) is 8.89. The zero-order valence-corrected chi connectivity index (χ0v) is 33.3. The van der Waals surface area contributed by atoms with Gasteiger partial charge >= 0.3 is 23.5 Å². The molecule has 21 nitrogen and oxygen atoms in total. The number of carbonyl (C=O) groups is 5. The molecular weight excluding hydrogens is 797 g/mol. The van der Waals surface area contributed by atoms with Gasteiger partial charge in [0.2, 0.25) is 23.8 Å². The van der Waals surface area contributed by atoms with Gasteiger partial charge < -0.3 is 30.6 Å². The van der Waals surface area contributed by atoms with Gasteiger partial charge in [0.05, 0.1) is 11.6 Å². The number of nitrogens with zero attached hydrogens (tertiary/aromatic N) is 9. The summed E-state index contributed by atoms with van der Waals surface area (Å²) in [6, 6.07) is 9.71. The second kappa shape index (κ2) is 17.3. The molecule has 0 saturated carbocycles. The normalized spacial score (nSPS) is 16.7. The van der Waals surface area contributed by atoms with Gasteiger partial charge in [0.15, 0.2) is 0 Å². The summed E-state index contributed by atoms with van der Waals surface area (Å²) in [5, 5.41) is 29.2. The van der Waals surface area contributed by atoms with Crippen LogP contribution < -0.4 is 26.4 Å². The van der Waals surface area contributed by atoms with Gasteiger partial charge in [-0.1, -0.05) is 48.2 Å². The van der Waals surface area contributed by atoms with Crippen molar-refractivity contribution in [2.45, 2.75) is 43.4 Å². The lowest BCUT2D eigenvalue weighted by molar-refractivity contribution is -0.173. The summed E-state index contributed by atoms with van der Waals surface area (Å²) in [6.07, 6.45) is 2.57. The fraction of sp³-hybridized carbons (Fsp3) is 0.343. The van der Waals surface area contributed by atoms with Crippen molar-refractivity contribution in [3.05, 3.63) is 88.1 Å². The SMILES string of the molecule is CN(c1ccccn1)c1ncc(NC(=O)NC(C(=O)N[C@H]2C(=O)N3C(C(=O)OCOC(=O)C(C)(C)C)=C(CSc4nnnn4C)CS[C@@H]23)c2ccccc2)c(=O)n1O. The molecule has 4 aromatic rings. The smallest absolute Gasteiger partial charge is 0.357 e. The van der Waals surface area contributed by atoms with Crippen molar-refractivity contribution in [2.24, 2.45) is 12.5 Å². The minimum absolute atomic E-state index is 0.0637. The second-order valence-electron chi connectivity index (χ2n) is 13.7. The van der Waals surface area contributed by atoms with E-state index in [1.807, 2.05) is 0 Å². The van der Waals surface area contributed by atoms with Gasteiger partial charge in [-0.15, -0.1) is 21.6 Å². The van der Waals surface area contributed by atoms with Gasteiger partial charge in [0.25, 0.3) is 5.91 Å². The van der Waals surface area contributed by atoms with Crippen molar-refractivity contribution in [2.75, 3.05) is 35.6 Å². The molecule has 4 amide bonds. The van der Waals surface area contributed by atoms with Crippen LogP contribution in [0.3, 0.4) is 0 Å². The molecule has 2 aliphatic rings. The minimum Gasteiger partial charge on any atom is -0.427 e. The molecular formula is C35H38N12O9S2. The van der Waals surface area contributed by atoms with Crippen molar-refractivity contribution in [3.8, 4) is 0 Å². The Morgan fingerprint density at radius 3 is 2.48 bits per heavy atom. The Bertz CT molecular complexity index is 2300. The van der Waals surface area contributed by atoms with Crippen molar-refractivity contribution in [3.63, 3.8) is 0 Å². The number of benzene rings is 1. The number of tetrazole rings is 1. The maximum Gasteiger partial charge on any atom is 0.357 e. The van der Waals surface area contributed by atoms with Crippen LogP contribution >= 0.6 is 23.5 Å². The van der Waals surface area contributed by atoms with Crippen molar-refractivity contribution < 1.29 is 38.7 Å². The predicted octanol–water partition coefficient (Wildman–Crippen LogP) is 1.57. The van der Waals surface area contributed by atoms with E-state index in [4.69, 9.17) is 9.47 Å². The topological polar surface area (TPSA) is 258 Å². The van der Waals surface area contributed by atoms with E-state index < -0.39 is 70.7 Å². The molecule has 1 unspecified atom stereocenters. The summed E-state index contributed by atoms with van der Waals surface area (Å²) < 4.78 is 12.1. The zero-order valence-electron chi connectivity index (χ0n) is 31.7. The van der Waals surface area contributed by atoms with Gasteiger partial charge in [-0.3, -0.25) is 29.0 Å². The van der Waals surface area contributed by atoms with Gasteiger partial charge in [-0.05, 0) is 54.5 Å². The quantitative estimate of drug-likeness (QED) is 0.0490. The van der Waals surface area contributed by atoms with Crippen LogP contribution in [0.15, 0.2) is 82.1 Å². The molecule has 4 N–H and O–H groups in total. The first kappa shape index (κ1) is 41.2. The molecule has 0 spiro atoms. The number of urea groups is 1. The average molecular weight is 835 g/mol. The highest BCUT2D eigenvalue weighted by molar-refractivity contribution is 8.01. The summed E-state index contributed by atoms with van der Waals surface area (Å²) in [5.74, 6) is -2.26. The average Bonchev–Trinajstić information content (AvgIpc) is 3.63. The molecule has 0 bridgehead atoms. The van der Waals surface area contributed by atoms with E-state index in [2.05, 4.69) is 41.4 Å². The molecule has 0 aliphatic carbocycles. The van der Waals surface area contributed by atoms with Crippen molar-refractivity contribution in [1.82, 2.24) is 50.4 Å². The highest BCUT2D eigenvalue weighted by Gasteiger charge is 2.55. The first-order valence-electron chi connectivity index (χ1n) is 17.4. The maximum atomic E-state index is 13.9. The lowest BCUT2D eigenvalue weighted by Gasteiger charge is -2.50. The van der Waals surface area contributed by atoms with Gasteiger partial charge in [-0.25, -0.2) is 24.2 Å². The van der Waals surface area contributed by atoms with Crippen molar-refractivity contribution >= 4 is 70.8 Å². The standard InChI is InChI=1S/C35H38N12O9S2/c1-35(2,3)31(52)56-18-55-30(51)25-20(17-58-34-41-42-43-45(34)5)16-57-29-24(28(50)46(25)29)39-26(48)23(19-11-7-6-8-12-19)40-32(53)38-21-15-37-33(47(54)27(21)49)44(4)22-13-9-10-14-36-22/h6-15,23-24,29,54H,16-18H2,1-5H3,(H,39,48)(H2,38,40,53)/t23?,24-,29-/m0/s1. The molecule has 1 aromatic carbocycles. The number of amides is 4. The number of rotatable bonds is 13. The van der Waals surface area contributed by atoms with Gasteiger partial charge in [-0.2, -0.15) is 0 Å². The van der Waals surface area contributed by atoms with E-state index in [1.165, 1.54) is 51.2 Å². The number of fused-ring (bicyclic) bond motifs is 1. The molecule has 1 fully saturated rings. The second-order valence-corrected chi connectivity index (χ2v) is 15.8. The number of carbonyl (C=O) groups excluding carboxylic acids is 5. The number of hydrogen-bond donors (Lipinski definition) is 4. The van der Waals surface area contributed by atoms with Crippen LogP contribution in [-0.4, -0.2) is 112 Å². The zero-order chi connectivity index (χ0) is 41.7. The number of thioether (sulfide) groups is 2. The third-order valence-corrected chi connectivity index (χ3v) is 11.1. The molecule has 6 rings (SSSR count). The highest BCUT2D eigenvalue weighted by Crippen LogP contribution is 2.42. The Morgan fingerprint density at radius 1 is 1.07 bits per heavy atom. The number of aromatic nitrogens is 7. The summed E-state index contributed by atoms with van der Waals surface area (Å²) in [5.41, 5.74) is -1.47. The Morgan fingerprint density at radius 2 is 1.81 bits per heavy atom. The third-order valence-electron chi connectivity index (χ3n) is 8.62. The van der Waals surface area contributed by atoms with E-state index in [-0.39, 0.29) is 27.9 Å². The number of nitrogens with one attached hydrogen (secondary N) is 3. The van der Waals surface area contributed by atoms with Crippen molar-refractivity contribution in [1.29, 1.82) is 0 Å². The first-order valence-corrected chi connectivity index (χ1v) is 19.4. The van der Waals surface area contributed by atoms with Crippen LogP contribution in [0.5, 0.6) is 0 Å². The van der Waals surface area contributed by atoms with Gasteiger partial charge in [0.1, 0.15) is 34.7 Å². The van der Waals surface area contributed by atoms with Crippen LogP contribution in [0, 0.1) is 5.41 Å². The Kier molecular flexibility index (Phi) is 12.3. The van der Waals surface area contributed by atoms with E-state index >= 15 is 0 Å². The lowest BCUT2D eigenvalue weighted by atomic mass is 9.98. The van der Waals surface area contributed by atoms with E-state index in [9.17, 15) is 34.0 Å². The molecule has 23 heteroatoms. The molecule has 304 valence electrons. The van der Waals surface area contributed by atoms with Crippen LogP contribution in [0.4, 0.5) is 22.2 Å². The summed E-state index contributed by atoms with van der Waals surface area (Å²) in [4.78, 5) is 90.7. The summed E-state index contributed by atoms with van der Waals surface area (Å²) in [7, 11) is 3.18. The molecule has 58 heavy (non-hydrogen) atoms. The van der Waals surface area contributed by atoms with E-state index in [0.717, 1.165) is 6.20 Å². The predicted molar refractivity (Wildman–Crippen MR) is 207 cm³/mol. The summed E-state index contributed by atoms with van der Waals surface area (Å²) >= 11 is 2.52. The number of aryl methyl sites for hydroxylation is 1. The summed E-state index contributed by atoms with van der Waals surface area (Å²) in [6.45, 7) is 4.24. The minimum atomic E-state index is -1.38. The van der Waals surface area contributed by atoms with E-state index in [1.54, 1.807) is 76.3 Å². The number of hydrogen-bond acceptors (Lipinski definition) is 17. The fourth-order valence-corrected chi connectivity index (χ4v) is 7.91. The molecule has 3 aromatic heterocycles. The Hall–Kier alpha value is -6.49. The first-order chi connectivity index (χ1) is 27.6. The number of pyridine rings is 1. The van der Waals surface area contributed by atoms with Crippen LogP contribution in [0.1, 0.15) is 32.4 Å². The van der Waals surface area contributed by atoms with Crippen LogP contribution in [0.2, 0.25) is 0 Å². The maximum absolute atomic E-state index is 13.9. The molecule has 1 saturated heterocycles. The Labute approximate surface area is 338 Å². The number of anilines is 3. The van der Waals surface area contributed by atoms with E-state index in [0.29, 0.717) is 22.1 Å². The van der Waals surface area contributed by atoms with Crippen LogP contribution in [-0.2, 0) is 35.7 Å². The monoisotopic (exact) mass is 834 g/mol.